The number of nitrogens with two attached hydrogens (primary N) is 1. The van der Waals surface area contributed by atoms with Gasteiger partial charge in [0.1, 0.15) is 24.7 Å². The Morgan fingerprint density at radius 2 is 1.71 bits per heavy atom. The molecule has 1 aromatic rings. The zero-order chi connectivity index (χ0) is 28.2. The van der Waals surface area contributed by atoms with Crippen molar-refractivity contribution >= 4 is 35.5 Å². The summed E-state index contributed by atoms with van der Waals surface area (Å²) in [4.78, 5) is 74.6. The predicted octanol–water partition coefficient (Wildman–Crippen LogP) is -3.15. The molecule has 14 nitrogen and oxygen atoms in total. The second-order valence-electron chi connectivity index (χ2n) is 8.82. The first-order chi connectivity index (χ1) is 18.0. The summed E-state index contributed by atoms with van der Waals surface area (Å²) in [7, 11) is 0. The number of likely N-dealkylation sites (tertiary alicyclic amines) is 1. The summed E-state index contributed by atoms with van der Waals surface area (Å²) in [6, 6.07) is 5.65. The first-order valence-electron chi connectivity index (χ1n) is 12.1. The third-order valence-electron chi connectivity index (χ3n) is 5.86. The number of carboxylic acid groups (broad SMARTS) is 1. The number of hydrogen-bond acceptors (Lipinski definition) is 8. The maximum absolute atomic E-state index is 13.4. The van der Waals surface area contributed by atoms with Crippen LogP contribution in [0, 0.1) is 0 Å². The van der Waals surface area contributed by atoms with Crippen molar-refractivity contribution in [2.24, 2.45) is 5.73 Å². The van der Waals surface area contributed by atoms with Crippen molar-refractivity contribution in [3.05, 3.63) is 35.9 Å². The quantitative estimate of drug-likeness (QED) is 0.136. The highest BCUT2D eigenvalue weighted by Gasteiger charge is 2.39. The summed E-state index contributed by atoms with van der Waals surface area (Å²) in [6.45, 7) is -0.00209. The number of aliphatic hydroxyl groups is 1. The molecule has 0 spiro atoms. The molecule has 1 aliphatic rings. The largest absolute Gasteiger partial charge is 0.480 e. The Hall–Kier alpha value is -4.04. The van der Waals surface area contributed by atoms with E-state index >= 15 is 0 Å². The minimum atomic E-state index is -1.44. The van der Waals surface area contributed by atoms with E-state index in [1.807, 2.05) is 6.07 Å². The Balaban J connectivity index is 2.08. The highest BCUT2D eigenvalue weighted by molar-refractivity contribution is 5.96. The molecule has 1 aliphatic heterocycles. The van der Waals surface area contributed by atoms with Gasteiger partial charge in [-0.1, -0.05) is 30.3 Å². The second-order valence-corrected chi connectivity index (χ2v) is 8.82. The van der Waals surface area contributed by atoms with Gasteiger partial charge in [-0.2, -0.15) is 0 Å². The highest BCUT2D eigenvalue weighted by atomic mass is 16.4. The molecule has 1 saturated heterocycles. The molecule has 1 aromatic carbocycles. The molecule has 0 unspecified atom stereocenters. The molecule has 4 atom stereocenters. The number of benzene rings is 1. The number of aliphatic carboxylic acids is 1. The fourth-order valence-corrected chi connectivity index (χ4v) is 3.98. The van der Waals surface area contributed by atoms with E-state index in [4.69, 9.17) is 10.8 Å². The Bertz CT molecular complexity index is 1020. The molecule has 1 fully saturated rings. The van der Waals surface area contributed by atoms with Gasteiger partial charge in [0.2, 0.25) is 29.5 Å². The number of amides is 5. The molecular formula is C24H34N6O8. The maximum Gasteiger partial charge on any atom is 0.322 e. The van der Waals surface area contributed by atoms with Gasteiger partial charge in [-0.25, -0.2) is 0 Å². The SMILES string of the molecule is C[C@@H](O)[C@H](NC(=O)[C@@H]1CCCN1C(=O)[C@H](Cc1ccccc1)NC(=O)CN)C(=O)NCC(=O)NCC(=O)O. The van der Waals surface area contributed by atoms with Crippen LogP contribution in [-0.4, -0.2) is 101 Å². The van der Waals surface area contributed by atoms with Crippen molar-refractivity contribution in [3.63, 3.8) is 0 Å². The molecule has 38 heavy (non-hydrogen) atoms. The third-order valence-corrected chi connectivity index (χ3v) is 5.86. The van der Waals surface area contributed by atoms with Crippen molar-refractivity contribution in [2.45, 2.75) is 50.4 Å². The molecule has 0 saturated carbocycles. The number of nitrogens with one attached hydrogen (secondary N) is 4. The monoisotopic (exact) mass is 534 g/mol. The molecule has 5 amide bonds. The molecule has 0 bridgehead atoms. The fraction of sp³-hybridized carbons (Fsp3) is 0.500. The first-order valence-corrected chi connectivity index (χ1v) is 12.1. The Labute approximate surface area is 219 Å². The van der Waals surface area contributed by atoms with Crippen molar-refractivity contribution in [3.8, 4) is 0 Å². The Kier molecular flexibility index (Phi) is 11.6. The van der Waals surface area contributed by atoms with Gasteiger partial charge in [0, 0.05) is 13.0 Å². The Morgan fingerprint density at radius 1 is 1.03 bits per heavy atom. The molecule has 8 N–H and O–H groups in total. The molecule has 2 rings (SSSR count). The lowest BCUT2D eigenvalue weighted by atomic mass is 10.0. The molecule has 208 valence electrons. The van der Waals surface area contributed by atoms with Crippen LogP contribution in [0.2, 0.25) is 0 Å². The van der Waals surface area contributed by atoms with Crippen LogP contribution < -0.4 is 27.0 Å². The zero-order valence-corrected chi connectivity index (χ0v) is 21.0. The number of nitrogens with zero attached hydrogens (tertiary/aromatic N) is 1. The molecular weight excluding hydrogens is 500 g/mol. The van der Waals surface area contributed by atoms with E-state index < -0.39 is 72.8 Å². The van der Waals surface area contributed by atoms with E-state index in [9.17, 15) is 33.9 Å². The lowest BCUT2D eigenvalue weighted by molar-refractivity contribution is -0.142. The molecule has 0 aromatic heterocycles. The summed E-state index contributed by atoms with van der Waals surface area (Å²) in [5.41, 5.74) is 6.21. The van der Waals surface area contributed by atoms with Crippen LogP contribution in [-0.2, 0) is 35.2 Å². The lowest BCUT2D eigenvalue weighted by Crippen LogP contribution is -2.59. The van der Waals surface area contributed by atoms with Crippen LogP contribution in [0.15, 0.2) is 30.3 Å². The van der Waals surface area contributed by atoms with Gasteiger partial charge in [0.05, 0.1) is 19.2 Å². The number of aliphatic hydroxyl groups excluding tert-OH is 1. The van der Waals surface area contributed by atoms with Crippen LogP contribution >= 0.6 is 0 Å². The summed E-state index contributed by atoms with van der Waals surface area (Å²) < 4.78 is 0. The summed E-state index contributed by atoms with van der Waals surface area (Å²) in [5, 5.41) is 28.0. The number of rotatable bonds is 13. The highest BCUT2D eigenvalue weighted by Crippen LogP contribution is 2.20. The number of carboxylic acids is 1. The molecule has 1 heterocycles. The van der Waals surface area contributed by atoms with E-state index in [0.717, 1.165) is 5.56 Å². The van der Waals surface area contributed by atoms with Gasteiger partial charge in [0.15, 0.2) is 0 Å². The first kappa shape index (κ1) is 30.2. The van der Waals surface area contributed by atoms with Crippen molar-refractivity contribution in [1.29, 1.82) is 0 Å². The predicted molar refractivity (Wildman–Crippen MR) is 133 cm³/mol. The Morgan fingerprint density at radius 3 is 2.32 bits per heavy atom. The van der Waals surface area contributed by atoms with E-state index in [2.05, 4.69) is 21.3 Å². The van der Waals surface area contributed by atoms with Gasteiger partial charge in [-0.05, 0) is 25.3 Å². The zero-order valence-electron chi connectivity index (χ0n) is 21.0. The lowest BCUT2D eigenvalue weighted by Gasteiger charge is -2.30. The number of hydrogen-bond donors (Lipinski definition) is 7. The van der Waals surface area contributed by atoms with Crippen LogP contribution in [0.4, 0.5) is 0 Å². The summed E-state index contributed by atoms with van der Waals surface area (Å²) in [5.74, 6) is -4.60. The van der Waals surface area contributed by atoms with Crippen molar-refractivity contribution in [2.75, 3.05) is 26.2 Å². The average molecular weight is 535 g/mol. The van der Waals surface area contributed by atoms with E-state index in [0.29, 0.717) is 12.8 Å². The van der Waals surface area contributed by atoms with Gasteiger partial charge in [-0.15, -0.1) is 0 Å². The van der Waals surface area contributed by atoms with Crippen LogP contribution in [0.1, 0.15) is 25.3 Å². The van der Waals surface area contributed by atoms with Gasteiger partial charge < -0.3 is 42.1 Å². The van der Waals surface area contributed by atoms with Crippen molar-refractivity contribution < 1.29 is 39.0 Å². The normalized spacial score (nSPS) is 17.0. The van der Waals surface area contributed by atoms with Crippen LogP contribution in [0.5, 0.6) is 0 Å². The standard InChI is InChI=1S/C24H34N6O8/c1-14(31)21(23(37)27-12-19(33)26-13-20(34)35)29-22(36)17-8-5-9-30(17)24(38)16(28-18(32)11-25)10-15-6-3-2-4-7-15/h2-4,6-7,14,16-17,21,31H,5,8-13,25H2,1H3,(H,26,33)(H,27,37)(H,28,32)(H,29,36)(H,34,35)/t14-,16+,17+,21+/m1/s1. The third kappa shape index (κ3) is 9.12. The van der Waals surface area contributed by atoms with E-state index in [1.165, 1.54) is 11.8 Å². The van der Waals surface area contributed by atoms with Crippen LogP contribution in [0.25, 0.3) is 0 Å². The van der Waals surface area contributed by atoms with Gasteiger partial charge in [0.25, 0.3) is 0 Å². The average Bonchev–Trinajstić information content (AvgIpc) is 3.38. The van der Waals surface area contributed by atoms with Gasteiger partial charge >= 0.3 is 5.97 Å². The fourth-order valence-electron chi connectivity index (χ4n) is 3.98. The number of carbonyl (C=O) groups excluding carboxylic acids is 5. The second kappa shape index (κ2) is 14.6. The van der Waals surface area contributed by atoms with E-state index in [-0.39, 0.29) is 19.5 Å². The smallest absolute Gasteiger partial charge is 0.322 e. The van der Waals surface area contributed by atoms with Gasteiger partial charge in [-0.3, -0.25) is 28.8 Å². The molecule has 14 heteroatoms. The minimum absolute atomic E-state index is 0.179. The summed E-state index contributed by atoms with van der Waals surface area (Å²) >= 11 is 0. The minimum Gasteiger partial charge on any atom is -0.480 e. The maximum atomic E-state index is 13.4. The topological polar surface area (TPSA) is 220 Å². The number of carbonyl (C=O) groups is 6. The van der Waals surface area contributed by atoms with E-state index in [1.54, 1.807) is 24.3 Å². The molecule has 0 aliphatic carbocycles. The van der Waals surface area contributed by atoms with Crippen molar-refractivity contribution in [1.82, 2.24) is 26.2 Å². The summed E-state index contributed by atoms with van der Waals surface area (Å²) in [6.07, 6.45) is -0.367. The molecule has 0 radical (unpaired) electrons. The van der Waals surface area contributed by atoms with Crippen LogP contribution in [0.3, 0.4) is 0 Å².